The number of rotatable bonds is 6. The molecule has 11 nitrogen and oxygen atoms in total. The van der Waals surface area contributed by atoms with Crippen molar-refractivity contribution < 1.29 is 19.4 Å². The maximum atomic E-state index is 13.0. The second-order valence-corrected chi connectivity index (χ2v) is 9.32. The largest absolute Gasteiger partial charge is 0.391 e. The van der Waals surface area contributed by atoms with Gasteiger partial charge >= 0.3 is 0 Å². The lowest BCUT2D eigenvalue weighted by atomic mass is 9.89. The lowest BCUT2D eigenvalue weighted by Gasteiger charge is -2.32. The number of amides is 1. The Morgan fingerprint density at radius 1 is 1.28 bits per heavy atom. The molecule has 6 rings (SSSR count). The first-order chi connectivity index (χ1) is 17.6. The van der Waals surface area contributed by atoms with Gasteiger partial charge in [0.1, 0.15) is 23.1 Å². The summed E-state index contributed by atoms with van der Waals surface area (Å²) in [7, 11) is 3.51. The number of aliphatic hydroxyl groups is 1. The average molecular weight is 492 g/mol. The van der Waals surface area contributed by atoms with Crippen molar-refractivity contribution in [1.29, 1.82) is 0 Å². The van der Waals surface area contributed by atoms with Crippen LogP contribution in [0.4, 0.5) is 5.82 Å². The summed E-state index contributed by atoms with van der Waals surface area (Å²) in [5, 5.41) is 21.3. The summed E-state index contributed by atoms with van der Waals surface area (Å²) >= 11 is 0. The van der Waals surface area contributed by atoms with Gasteiger partial charge in [-0.2, -0.15) is 9.61 Å². The molecule has 4 aromatic rings. The van der Waals surface area contributed by atoms with E-state index in [9.17, 15) is 9.90 Å². The molecular weight excluding hydrogens is 462 g/mol. The summed E-state index contributed by atoms with van der Waals surface area (Å²) < 4.78 is 15.1. The molecule has 188 valence electrons. The monoisotopic (exact) mass is 491 g/mol. The van der Waals surface area contributed by atoms with Crippen LogP contribution in [0, 0.1) is 0 Å². The van der Waals surface area contributed by atoms with Gasteiger partial charge in [0.05, 0.1) is 36.7 Å². The van der Waals surface area contributed by atoms with E-state index in [1.54, 1.807) is 24.9 Å². The number of fused-ring (bicyclic) bond motifs is 2. The summed E-state index contributed by atoms with van der Waals surface area (Å²) in [6.45, 7) is 1.19. The third-order valence-electron chi connectivity index (χ3n) is 7.32. The van der Waals surface area contributed by atoms with E-state index in [4.69, 9.17) is 14.5 Å². The van der Waals surface area contributed by atoms with Crippen LogP contribution in [0.1, 0.15) is 35.7 Å². The topological polar surface area (TPSA) is 128 Å². The lowest BCUT2D eigenvalue weighted by molar-refractivity contribution is -0.0592. The summed E-state index contributed by atoms with van der Waals surface area (Å²) in [6.07, 6.45) is 7.04. The van der Waals surface area contributed by atoms with Crippen LogP contribution in [-0.4, -0.2) is 80.8 Å². The molecule has 0 aromatic carbocycles. The minimum absolute atomic E-state index is 0.0765. The summed E-state index contributed by atoms with van der Waals surface area (Å²) in [4.78, 5) is 22.6. The number of methoxy groups -OCH3 is 1. The van der Waals surface area contributed by atoms with Crippen LogP contribution in [0.25, 0.3) is 27.9 Å². The fourth-order valence-electron chi connectivity index (χ4n) is 5.12. The molecule has 2 aliphatic rings. The normalized spacial score (nSPS) is 24.1. The van der Waals surface area contributed by atoms with Gasteiger partial charge in [-0.15, -0.1) is 0 Å². The van der Waals surface area contributed by atoms with Gasteiger partial charge in [-0.3, -0.25) is 4.79 Å². The second kappa shape index (κ2) is 9.16. The van der Waals surface area contributed by atoms with Gasteiger partial charge < -0.3 is 29.8 Å². The fourth-order valence-corrected chi connectivity index (χ4v) is 5.12. The third kappa shape index (κ3) is 3.71. The Labute approximate surface area is 207 Å². The molecule has 1 saturated heterocycles. The lowest BCUT2D eigenvalue weighted by Crippen LogP contribution is -2.50. The maximum absolute atomic E-state index is 13.0. The average Bonchev–Trinajstić information content (AvgIpc) is 3.52. The molecule has 36 heavy (non-hydrogen) atoms. The predicted molar refractivity (Wildman–Crippen MR) is 133 cm³/mol. The van der Waals surface area contributed by atoms with E-state index in [1.165, 1.54) is 6.20 Å². The number of hydrogen-bond donors (Lipinski definition) is 3. The van der Waals surface area contributed by atoms with Crippen LogP contribution in [0.2, 0.25) is 0 Å². The molecular formula is C25H29N7O4. The number of aliphatic hydroxyl groups excluding tert-OH is 1. The van der Waals surface area contributed by atoms with E-state index in [0.29, 0.717) is 42.4 Å². The Morgan fingerprint density at radius 3 is 2.92 bits per heavy atom. The SMILES string of the molecule is CNc1cc(-c2cn([C@H]3CCOC[C@H]3OC)c3ncccc23)nc2c(C(=O)N[C@H]3CC[C@H]3O)cnn12. The molecule has 1 amide bonds. The molecule has 3 N–H and O–H groups in total. The Hall–Kier alpha value is -3.54. The van der Waals surface area contributed by atoms with Crippen LogP contribution >= 0.6 is 0 Å². The van der Waals surface area contributed by atoms with Crippen LogP contribution in [-0.2, 0) is 9.47 Å². The highest BCUT2D eigenvalue weighted by Crippen LogP contribution is 2.35. The summed E-state index contributed by atoms with van der Waals surface area (Å²) in [5.74, 6) is 0.401. The molecule has 11 heteroatoms. The predicted octanol–water partition coefficient (Wildman–Crippen LogP) is 2.02. The van der Waals surface area contributed by atoms with Crippen molar-refractivity contribution in [1.82, 2.24) is 29.5 Å². The van der Waals surface area contributed by atoms with E-state index < -0.39 is 6.10 Å². The van der Waals surface area contributed by atoms with Gasteiger partial charge in [-0.25, -0.2) is 9.97 Å². The van der Waals surface area contributed by atoms with E-state index in [2.05, 4.69) is 31.5 Å². The fraction of sp³-hybridized carbons (Fsp3) is 0.440. The van der Waals surface area contributed by atoms with Crippen LogP contribution < -0.4 is 10.6 Å². The van der Waals surface area contributed by atoms with Crippen molar-refractivity contribution >= 4 is 28.4 Å². The maximum Gasteiger partial charge on any atom is 0.257 e. The standard InChI is InChI=1S/C25H29N7O4/c1-26-22-10-18(29-24-15(11-28-32(22)24)25(34)30-17-5-6-20(17)33)16-12-31(23-14(16)4-3-8-27-23)19-7-9-36-13-21(19)35-2/h3-4,8,10-12,17,19-21,26,33H,5-7,9,13H2,1-2H3,(H,30,34)/t17-,19-,20+,21+/m0/s1. The van der Waals surface area contributed by atoms with Gasteiger partial charge in [-0.05, 0) is 31.4 Å². The number of carbonyl (C=O) groups is 1. The second-order valence-electron chi connectivity index (χ2n) is 9.32. The number of aromatic nitrogens is 5. The smallest absolute Gasteiger partial charge is 0.257 e. The number of anilines is 1. The van der Waals surface area contributed by atoms with Crippen LogP contribution in [0.15, 0.2) is 36.8 Å². The number of carbonyl (C=O) groups excluding carboxylic acids is 1. The van der Waals surface area contributed by atoms with E-state index >= 15 is 0 Å². The molecule has 1 aliphatic carbocycles. The Bertz CT molecular complexity index is 1430. The Balaban J connectivity index is 1.47. The zero-order valence-electron chi connectivity index (χ0n) is 20.2. The molecule has 5 heterocycles. The highest BCUT2D eigenvalue weighted by atomic mass is 16.5. The van der Waals surface area contributed by atoms with Crippen LogP contribution in [0.3, 0.4) is 0 Å². The van der Waals surface area contributed by atoms with Crippen LogP contribution in [0.5, 0.6) is 0 Å². The van der Waals surface area contributed by atoms with Crippen molar-refractivity contribution in [2.45, 2.75) is 43.6 Å². The van der Waals surface area contributed by atoms with Crippen molar-refractivity contribution in [3.63, 3.8) is 0 Å². The quantitative estimate of drug-likeness (QED) is 0.374. The minimum Gasteiger partial charge on any atom is -0.391 e. The van der Waals surface area contributed by atoms with Gasteiger partial charge in [-0.1, -0.05) is 0 Å². The molecule has 0 spiro atoms. The Kier molecular flexibility index (Phi) is 5.82. The molecule has 1 aliphatic heterocycles. The van der Waals surface area contributed by atoms with Gasteiger partial charge in [0, 0.05) is 50.2 Å². The highest BCUT2D eigenvalue weighted by molar-refractivity contribution is 6.01. The van der Waals surface area contributed by atoms with Gasteiger partial charge in [0.15, 0.2) is 5.65 Å². The number of pyridine rings is 1. The molecule has 4 aromatic heterocycles. The number of nitrogens with zero attached hydrogens (tertiary/aromatic N) is 5. The van der Waals surface area contributed by atoms with Crippen molar-refractivity contribution in [3.05, 3.63) is 42.4 Å². The van der Waals surface area contributed by atoms with E-state index in [0.717, 1.165) is 29.4 Å². The summed E-state index contributed by atoms with van der Waals surface area (Å²) in [5.41, 5.74) is 3.25. The number of nitrogens with one attached hydrogen (secondary N) is 2. The molecule has 0 unspecified atom stereocenters. The Morgan fingerprint density at radius 2 is 2.17 bits per heavy atom. The van der Waals surface area contributed by atoms with Gasteiger partial charge in [0.2, 0.25) is 0 Å². The molecule has 4 atom stereocenters. The molecule has 1 saturated carbocycles. The molecule has 0 radical (unpaired) electrons. The first-order valence-electron chi connectivity index (χ1n) is 12.2. The first-order valence-corrected chi connectivity index (χ1v) is 12.2. The third-order valence-corrected chi connectivity index (χ3v) is 7.32. The van der Waals surface area contributed by atoms with Gasteiger partial charge in [0.25, 0.3) is 5.91 Å². The van der Waals surface area contributed by atoms with E-state index in [1.807, 2.05) is 18.2 Å². The minimum atomic E-state index is -0.507. The molecule has 2 fully saturated rings. The zero-order chi connectivity index (χ0) is 24.8. The van der Waals surface area contributed by atoms with E-state index in [-0.39, 0.29) is 24.1 Å². The van der Waals surface area contributed by atoms with Crippen molar-refractivity contribution in [3.8, 4) is 11.3 Å². The van der Waals surface area contributed by atoms with Crippen molar-refractivity contribution in [2.24, 2.45) is 0 Å². The highest BCUT2D eigenvalue weighted by Gasteiger charge is 2.32. The van der Waals surface area contributed by atoms with Crippen molar-refractivity contribution in [2.75, 3.05) is 32.7 Å². The summed E-state index contributed by atoms with van der Waals surface area (Å²) in [6, 6.07) is 5.70. The molecule has 0 bridgehead atoms. The first kappa shape index (κ1) is 22.9. The number of hydrogen-bond acceptors (Lipinski definition) is 8. The zero-order valence-corrected chi connectivity index (χ0v) is 20.2. The number of ether oxygens (including phenoxy) is 2.